The zero-order valence-electron chi connectivity index (χ0n) is 20.4. The molecule has 9 nitrogen and oxygen atoms in total. The normalized spacial score (nSPS) is 18.0. The Labute approximate surface area is 218 Å². The number of carbonyl (C=O) groups is 1. The Morgan fingerprint density at radius 2 is 1.97 bits per heavy atom. The summed E-state index contributed by atoms with van der Waals surface area (Å²) >= 11 is 5.93. The van der Waals surface area contributed by atoms with Crippen LogP contribution in [0.3, 0.4) is 0 Å². The number of nitrogens with one attached hydrogen (secondary N) is 1. The molecule has 0 bridgehead atoms. The van der Waals surface area contributed by atoms with E-state index in [1.54, 1.807) is 36.3 Å². The van der Waals surface area contributed by atoms with Gasteiger partial charge in [-0.15, -0.1) is 0 Å². The minimum absolute atomic E-state index is 0.0147. The topological polar surface area (TPSA) is 98.2 Å². The fraction of sp³-hybridized carbons (Fsp3) is 0.385. The summed E-state index contributed by atoms with van der Waals surface area (Å²) in [7, 11) is 1.57. The Morgan fingerprint density at radius 1 is 1.19 bits per heavy atom. The van der Waals surface area contributed by atoms with Crippen molar-refractivity contribution in [3.05, 3.63) is 47.5 Å². The molecular weight excluding hydrogens is 501 g/mol. The molecule has 0 atom stereocenters. The molecule has 5 rings (SSSR count). The Kier molecular flexibility index (Phi) is 7.66. The van der Waals surface area contributed by atoms with Gasteiger partial charge < -0.3 is 24.4 Å². The summed E-state index contributed by atoms with van der Waals surface area (Å²) in [4.78, 5) is 27.1. The number of morpholine rings is 1. The minimum atomic E-state index is -0.562. The Bertz CT molecular complexity index is 1320. The molecule has 1 saturated carbocycles. The molecule has 11 heteroatoms. The standard InChI is InChI=1S/C26H27ClFN5O4/c1-35-22-14-21-18(25(30-15-29-21)32-20-4-2-3-19(27)24(20)28)13-23(22)37-17-7-5-16(6-8-17)31-26(34)33-9-11-36-12-10-33/h2-4,13-15,17H,5-12H2,1H3,(H,29,30,32). The first-order valence-electron chi connectivity index (χ1n) is 12.2. The number of amides is 2. The molecule has 0 radical (unpaired) electrons. The Balaban J connectivity index is 1.32. The highest BCUT2D eigenvalue weighted by Gasteiger charge is 2.24. The number of aromatic nitrogens is 2. The number of hydrogen-bond donors (Lipinski definition) is 1. The van der Waals surface area contributed by atoms with Gasteiger partial charge in [0.05, 0.1) is 42.7 Å². The molecule has 194 valence electrons. The van der Waals surface area contributed by atoms with Crippen molar-refractivity contribution in [1.29, 1.82) is 0 Å². The van der Waals surface area contributed by atoms with E-state index in [2.05, 4.69) is 20.3 Å². The van der Waals surface area contributed by atoms with Crippen molar-refractivity contribution < 1.29 is 23.4 Å². The van der Waals surface area contributed by atoms with E-state index >= 15 is 0 Å². The lowest BCUT2D eigenvalue weighted by Gasteiger charge is -2.27. The molecule has 2 fully saturated rings. The van der Waals surface area contributed by atoms with Gasteiger partial charge in [-0.1, -0.05) is 17.7 Å². The summed E-state index contributed by atoms with van der Waals surface area (Å²) in [5.74, 6) is 0.924. The largest absolute Gasteiger partial charge is 0.493 e. The summed E-state index contributed by atoms with van der Waals surface area (Å²) in [5.41, 5.74) is 1.71. The van der Waals surface area contributed by atoms with E-state index in [4.69, 9.17) is 25.8 Å². The third-order valence-electron chi connectivity index (χ3n) is 6.46. The molecule has 1 aliphatic heterocycles. The van der Waals surface area contributed by atoms with Gasteiger partial charge in [0, 0.05) is 30.3 Å². The van der Waals surface area contributed by atoms with E-state index in [0.717, 1.165) is 18.6 Å². The summed E-state index contributed by atoms with van der Waals surface area (Å²) in [5, 5.41) is 3.67. The van der Waals surface area contributed by atoms with E-state index in [9.17, 15) is 9.18 Å². The molecule has 1 aromatic heterocycles. The lowest BCUT2D eigenvalue weighted by Crippen LogP contribution is -2.39. The van der Waals surface area contributed by atoms with Crippen molar-refractivity contribution in [3.63, 3.8) is 0 Å². The number of halogens is 2. The highest BCUT2D eigenvalue weighted by atomic mass is 35.5. The lowest BCUT2D eigenvalue weighted by molar-refractivity contribution is 0.0555. The van der Waals surface area contributed by atoms with Gasteiger partial charge >= 0.3 is 6.03 Å². The number of fused-ring (bicyclic) bond motifs is 1. The fourth-order valence-corrected chi connectivity index (χ4v) is 4.61. The van der Waals surface area contributed by atoms with Crippen LogP contribution in [0.25, 0.3) is 10.9 Å². The van der Waals surface area contributed by atoms with Crippen LogP contribution in [0.4, 0.5) is 20.7 Å². The average Bonchev–Trinajstić information content (AvgIpc) is 2.92. The number of hydrogen-bond acceptors (Lipinski definition) is 7. The molecule has 0 spiro atoms. The van der Waals surface area contributed by atoms with Crippen LogP contribution in [0.1, 0.15) is 25.7 Å². The van der Waals surface area contributed by atoms with Gasteiger partial charge in [0.2, 0.25) is 0 Å². The van der Waals surface area contributed by atoms with Crippen LogP contribution < -0.4 is 14.8 Å². The van der Waals surface area contributed by atoms with E-state index in [1.165, 1.54) is 12.4 Å². The molecule has 2 heterocycles. The Morgan fingerprint density at radius 3 is 2.73 bits per heavy atom. The third kappa shape index (κ3) is 5.75. The number of carbonyl (C=O) groups excluding carboxylic acids is 1. The van der Waals surface area contributed by atoms with E-state index in [-0.39, 0.29) is 22.8 Å². The van der Waals surface area contributed by atoms with Crippen molar-refractivity contribution in [2.45, 2.75) is 31.8 Å². The minimum Gasteiger partial charge on any atom is -0.493 e. The van der Waals surface area contributed by atoms with Gasteiger partial charge in [-0.3, -0.25) is 0 Å². The molecule has 2 amide bonds. The van der Waals surface area contributed by atoms with Crippen LogP contribution in [0.5, 0.6) is 11.5 Å². The smallest absolute Gasteiger partial charge is 0.343 e. The molecule has 2 aromatic carbocycles. The Hall–Kier alpha value is -3.50. The second kappa shape index (κ2) is 11.3. The quantitative estimate of drug-likeness (QED) is 0.475. The van der Waals surface area contributed by atoms with Gasteiger partial charge in [-0.2, -0.15) is 0 Å². The van der Waals surface area contributed by atoms with Crippen LogP contribution in [-0.4, -0.2) is 66.1 Å². The zero-order chi connectivity index (χ0) is 25.8. The number of nitrogens with zero attached hydrogens (tertiary/aromatic N) is 4. The molecule has 3 aromatic rings. The first kappa shape index (κ1) is 25.2. The molecule has 0 unspecified atom stereocenters. The van der Waals surface area contributed by atoms with E-state index in [1.807, 2.05) is 0 Å². The molecule has 37 heavy (non-hydrogen) atoms. The number of benzene rings is 2. The summed E-state index contributed by atoms with van der Waals surface area (Å²) in [6.07, 6.45) is 4.13. The van der Waals surface area contributed by atoms with Crippen LogP contribution >= 0.6 is 11.6 Å². The van der Waals surface area contributed by atoms with Crippen LogP contribution in [0.15, 0.2) is 41.7 Å². The second-order valence-electron chi connectivity index (χ2n) is 8.85. The maximum atomic E-state index is 14.5. The number of ether oxygens (including phenoxy) is 3. The van der Waals surface area contributed by atoms with Gasteiger partial charge in [0.1, 0.15) is 12.1 Å². The second-order valence-corrected chi connectivity index (χ2v) is 9.25. The van der Waals surface area contributed by atoms with Crippen molar-refractivity contribution in [3.8, 4) is 11.5 Å². The number of methoxy groups -OCH3 is 1. The first-order valence-corrected chi connectivity index (χ1v) is 12.5. The predicted octanol–water partition coefficient (Wildman–Crippen LogP) is 5.39. The number of aliphatic imine (C=N–C) groups is 1. The van der Waals surface area contributed by atoms with E-state index in [0.29, 0.717) is 67.4 Å². The van der Waals surface area contributed by atoms with Gasteiger partial charge in [-0.05, 0) is 43.9 Å². The van der Waals surface area contributed by atoms with Crippen LogP contribution in [0.2, 0.25) is 5.02 Å². The molecule has 2 aliphatic rings. The highest BCUT2D eigenvalue weighted by molar-refractivity contribution is 6.31. The maximum absolute atomic E-state index is 14.5. The monoisotopic (exact) mass is 527 g/mol. The number of urea groups is 1. The predicted molar refractivity (Wildman–Crippen MR) is 139 cm³/mol. The molecule has 1 N–H and O–H groups in total. The van der Waals surface area contributed by atoms with Crippen molar-refractivity contribution >= 4 is 45.8 Å². The molecular formula is C26H27ClFN5O4. The fourth-order valence-electron chi connectivity index (χ4n) is 4.44. The SMILES string of the molecule is COc1cc2ncnc(Nc3cccc(Cl)c3F)c2cc1OC1CCC(=NC(=O)N2CCOCC2)CC1. The van der Waals surface area contributed by atoms with Crippen molar-refractivity contribution in [2.24, 2.45) is 4.99 Å². The van der Waals surface area contributed by atoms with Gasteiger partial charge in [0.15, 0.2) is 17.3 Å². The van der Waals surface area contributed by atoms with Crippen molar-refractivity contribution in [2.75, 3.05) is 38.7 Å². The summed E-state index contributed by atoms with van der Waals surface area (Å²) in [6.45, 7) is 2.26. The number of anilines is 2. The first-order chi connectivity index (χ1) is 18.0. The molecule has 1 aliphatic carbocycles. The summed E-state index contributed by atoms with van der Waals surface area (Å²) < 4.78 is 31.7. The van der Waals surface area contributed by atoms with Crippen LogP contribution in [0, 0.1) is 5.82 Å². The van der Waals surface area contributed by atoms with Crippen LogP contribution in [-0.2, 0) is 4.74 Å². The maximum Gasteiger partial charge on any atom is 0.343 e. The van der Waals surface area contributed by atoms with Gasteiger partial charge in [-0.25, -0.2) is 24.1 Å². The third-order valence-corrected chi connectivity index (χ3v) is 6.76. The highest BCUT2D eigenvalue weighted by Crippen LogP contribution is 2.37. The van der Waals surface area contributed by atoms with Crippen molar-refractivity contribution in [1.82, 2.24) is 14.9 Å². The average molecular weight is 528 g/mol. The lowest BCUT2D eigenvalue weighted by atomic mass is 9.95. The van der Waals surface area contributed by atoms with Gasteiger partial charge in [0.25, 0.3) is 0 Å². The van der Waals surface area contributed by atoms with E-state index < -0.39 is 5.82 Å². The number of rotatable bonds is 5. The molecule has 1 saturated heterocycles. The zero-order valence-corrected chi connectivity index (χ0v) is 21.1. The summed E-state index contributed by atoms with van der Waals surface area (Å²) in [6, 6.07) is 8.10.